The Balaban J connectivity index is 2.84. The molecule has 0 saturated carbocycles. The molecule has 2 N–H and O–H groups in total. The minimum absolute atomic E-state index is 0.0228. The second-order valence-electron chi connectivity index (χ2n) is 5.97. The van der Waals surface area contributed by atoms with Gasteiger partial charge in [-0.3, -0.25) is 4.90 Å². The van der Waals surface area contributed by atoms with Crippen LogP contribution in [0.1, 0.15) is 32.8 Å². The minimum atomic E-state index is 0.0228. The van der Waals surface area contributed by atoms with Gasteiger partial charge in [-0.05, 0) is 32.4 Å². The summed E-state index contributed by atoms with van der Waals surface area (Å²) in [6.07, 6.45) is 1.09. The number of nitrogens with zero attached hydrogens (tertiary/aromatic N) is 1. The summed E-state index contributed by atoms with van der Waals surface area (Å²) in [5, 5.41) is 0. The lowest BCUT2D eigenvalue weighted by atomic mass is 9.89. The average Bonchev–Trinajstić information content (AvgIpc) is 2.38. The van der Waals surface area contributed by atoms with Crippen LogP contribution in [-0.2, 0) is 6.54 Å². The van der Waals surface area contributed by atoms with Gasteiger partial charge < -0.3 is 10.5 Å². The Hall–Kier alpha value is -1.06. The van der Waals surface area contributed by atoms with Crippen LogP contribution in [-0.4, -0.2) is 31.1 Å². The maximum absolute atomic E-state index is 6.01. The zero-order valence-electron chi connectivity index (χ0n) is 12.9. The van der Waals surface area contributed by atoms with Gasteiger partial charge in [0.05, 0.1) is 7.11 Å². The van der Waals surface area contributed by atoms with Crippen LogP contribution in [0.4, 0.5) is 0 Å². The first-order valence-corrected chi connectivity index (χ1v) is 6.96. The summed E-state index contributed by atoms with van der Waals surface area (Å²) in [7, 11) is 3.86. The molecule has 1 aromatic rings. The van der Waals surface area contributed by atoms with E-state index in [1.807, 2.05) is 18.2 Å². The molecule has 0 amide bonds. The highest BCUT2D eigenvalue weighted by molar-refractivity contribution is 5.33. The summed E-state index contributed by atoms with van der Waals surface area (Å²) in [5.74, 6) is 1.58. The molecule has 1 aromatic carbocycles. The van der Waals surface area contributed by atoms with E-state index in [4.69, 9.17) is 10.5 Å². The third-order valence-corrected chi connectivity index (χ3v) is 3.81. The minimum Gasteiger partial charge on any atom is -0.496 e. The van der Waals surface area contributed by atoms with Crippen LogP contribution < -0.4 is 10.5 Å². The van der Waals surface area contributed by atoms with Crippen molar-refractivity contribution in [3.63, 3.8) is 0 Å². The number of methoxy groups -OCH3 is 1. The van der Waals surface area contributed by atoms with Crippen molar-refractivity contribution in [2.75, 3.05) is 20.7 Å². The number of ether oxygens (including phenoxy) is 1. The highest BCUT2D eigenvalue weighted by Gasteiger charge is 2.29. The molecule has 0 bridgehead atoms. The Bertz CT molecular complexity index is 392. The number of benzene rings is 1. The topological polar surface area (TPSA) is 38.5 Å². The Morgan fingerprint density at radius 1 is 1.32 bits per heavy atom. The van der Waals surface area contributed by atoms with Gasteiger partial charge in [-0.15, -0.1) is 0 Å². The molecule has 0 saturated heterocycles. The number of nitrogens with two attached hydrogens (primary N) is 1. The van der Waals surface area contributed by atoms with E-state index in [1.165, 1.54) is 5.56 Å². The van der Waals surface area contributed by atoms with Gasteiger partial charge in [0.25, 0.3) is 0 Å². The zero-order chi connectivity index (χ0) is 14.5. The average molecular weight is 264 g/mol. The van der Waals surface area contributed by atoms with Gasteiger partial charge in [0, 0.05) is 24.2 Å². The van der Waals surface area contributed by atoms with Gasteiger partial charge in [0.15, 0.2) is 0 Å². The Morgan fingerprint density at radius 3 is 2.47 bits per heavy atom. The van der Waals surface area contributed by atoms with Crippen LogP contribution >= 0.6 is 0 Å². The summed E-state index contributed by atoms with van der Waals surface area (Å²) in [6, 6.07) is 8.17. The molecule has 1 atom stereocenters. The Kier molecular flexibility index (Phi) is 5.83. The summed E-state index contributed by atoms with van der Waals surface area (Å²) in [5.41, 5.74) is 7.23. The van der Waals surface area contributed by atoms with E-state index >= 15 is 0 Å². The summed E-state index contributed by atoms with van der Waals surface area (Å²) in [6.45, 7) is 8.24. The van der Waals surface area contributed by atoms with E-state index in [2.05, 4.69) is 38.8 Å². The number of hydrogen-bond donors (Lipinski definition) is 1. The van der Waals surface area contributed by atoms with E-state index in [-0.39, 0.29) is 5.54 Å². The van der Waals surface area contributed by atoms with Crippen molar-refractivity contribution in [2.45, 2.75) is 39.3 Å². The quantitative estimate of drug-likeness (QED) is 0.823. The van der Waals surface area contributed by atoms with Crippen molar-refractivity contribution in [3.05, 3.63) is 29.8 Å². The van der Waals surface area contributed by atoms with Crippen molar-refractivity contribution in [2.24, 2.45) is 11.7 Å². The molecule has 0 spiro atoms. The normalized spacial score (nSPS) is 14.7. The first kappa shape index (κ1) is 16.0. The molecule has 19 heavy (non-hydrogen) atoms. The molecule has 0 aliphatic heterocycles. The lowest BCUT2D eigenvalue weighted by Gasteiger charge is -2.39. The number of rotatable bonds is 7. The highest BCUT2D eigenvalue weighted by atomic mass is 16.5. The van der Waals surface area contributed by atoms with Crippen LogP contribution in [0.25, 0.3) is 0 Å². The summed E-state index contributed by atoms with van der Waals surface area (Å²) < 4.78 is 5.42. The standard InChI is InChI=1S/C16H28N2O/c1-13(2)10-16(3,12-17)18(4)11-14-8-6-7-9-15(14)19-5/h6-9,13H,10-12,17H2,1-5H3. The molecule has 3 nitrogen and oxygen atoms in total. The molecule has 0 fully saturated rings. The van der Waals surface area contributed by atoms with E-state index in [0.29, 0.717) is 12.5 Å². The maximum atomic E-state index is 6.01. The molecular weight excluding hydrogens is 236 g/mol. The van der Waals surface area contributed by atoms with Crippen molar-refractivity contribution >= 4 is 0 Å². The maximum Gasteiger partial charge on any atom is 0.123 e. The van der Waals surface area contributed by atoms with Crippen molar-refractivity contribution < 1.29 is 4.74 Å². The van der Waals surface area contributed by atoms with Gasteiger partial charge in [-0.25, -0.2) is 0 Å². The third-order valence-electron chi connectivity index (χ3n) is 3.81. The fourth-order valence-corrected chi connectivity index (χ4v) is 2.55. The van der Waals surface area contributed by atoms with Crippen molar-refractivity contribution in [1.29, 1.82) is 0 Å². The van der Waals surface area contributed by atoms with E-state index in [0.717, 1.165) is 18.7 Å². The van der Waals surface area contributed by atoms with Crippen molar-refractivity contribution in [1.82, 2.24) is 4.90 Å². The number of hydrogen-bond acceptors (Lipinski definition) is 3. The second kappa shape index (κ2) is 6.92. The first-order valence-electron chi connectivity index (χ1n) is 6.96. The fraction of sp³-hybridized carbons (Fsp3) is 0.625. The number of para-hydroxylation sites is 1. The van der Waals surface area contributed by atoms with E-state index in [9.17, 15) is 0 Å². The first-order chi connectivity index (χ1) is 8.92. The second-order valence-corrected chi connectivity index (χ2v) is 5.97. The van der Waals surface area contributed by atoms with Crippen LogP contribution in [0.2, 0.25) is 0 Å². The molecule has 0 aliphatic carbocycles. The van der Waals surface area contributed by atoms with E-state index < -0.39 is 0 Å². The van der Waals surface area contributed by atoms with Crippen LogP contribution in [0.15, 0.2) is 24.3 Å². The smallest absolute Gasteiger partial charge is 0.123 e. The largest absolute Gasteiger partial charge is 0.496 e. The third kappa shape index (κ3) is 4.22. The predicted molar refractivity (Wildman–Crippen MR) is 81.4 cm³/mol. The summed E-state index contributed by atoms with van der Waals surface area (Å²) in [4.78, 5) is 2.34. The Labute approximate surface area is 117 Å². The van der Waals surface area contributed by atoms with Gasteiger partial charge >= 0.3 is 0 Å². The zero-order valence-corrected chi connectivity index (χ0v) is 12.9. The van der Waals surface area contributed by atoms with Crippen LogP contribution in [0.3, 0.4) is 0 Å². The van der Waals surface area contributed by atoms with Gasteiger partial charge in [-0.2, -0.15) is 0 Å². The molecule has 0 heterocycles. The monoisotopic (exact) mass is 264 g/mol. The molecular formula is C16H28N2O. The predicted octanol–water partition coefficient (Wildman–Crippen LogP) is 2.89. The molecule has 1 unspecified atom stereocenters. The molecule has 0 aliphatic rings. The van der Waals surface area contributed by atoms with Crippen LogP contribution in [0, 0.1) is 5.92 Å². The van der Waals surface area contributed by atoms with Gasteiger partial charge in [0.2, 0.25) is 0 Å². The summed E-state index contributed by atoms with van der Waals surface area (Å²) >= 11 is 0. The SMILES string of the molecule is COc1ccccc1CN(C)C(C)(CN)CC(C)C. The van der Waals surface area contributed by atoms with Gasteiger partial charge in [0.1, 0.15) is 5.75 Å². The lowest BCUT2D eigenvalue weighted by Crippen LogP contribution is -2.50. The highest BCUT2D eigenvalue weighted by Crippen LogP contribution is 2.26. The molecule has 3 heteroatoms. The Morgan fingerprint density at radius 2 is 1.95 bits per heavy atom. The molecule has 108 valence electrons. The van der Waals surface area contributed by atoms with Crippen LogP contribution in [0.5, 0.6) is 5.75 Å². The molecule has 0 aromatic heterocycles. The molecule has 0 radical (unpaired) electrons. The fourth-order valence-electron chi connectivity index (χ4n) is 2.55. The van der Waals surface area contributed by atoms with Gasteiger partial charge in [-0.1, -0.05) is 32.0 Å². The van der Waals surface area contributed by atoms with Crippen molar-refractivity contribution in [3.8, 4) is 5.75 Å². The van der Waals surface area contributed by atoms with E-state index in [1.54, 1.807) is 7.11 Å². The molecule has 1 rings (SSSR count). The lowest BCUT2D eigenvalue weighted by molar-refractivity contribution is 0.110. The number of likely N-dealkylation sites (N-methyl/N-ethyl adjacent to an activating group) is 1.